The first kappa shape index (κ1) is 13.1. The lowest BCUT2D eigenvalue weighted by molar-refractivity contribution is 0.271. The van der Waals surface area contributed by atoms with Crippen LogP contribution in [0.25, 0.3) is 0 Å². The molecule has 13 heavy (non-hydrogen) atoms. The summed E-state index contributed by atoms with van der Waals surface area (Å²) in [5.74, 6) is 0. The predicted molar refractivity (Wildman–Crippen MR) is 59.4 cm³/mol. The van der Waals surface area contributed by atoms with E-state index in [-0.39, 0.29) is 4.66 Å². The summed E-state index contributed by atoms with van der Waals surface area (Å²) in [6.07, 6.45) is 1.59. The lowest BCUT2D eigenvalue weighted by Crippen LogP contribution is -2.45. The molecule has 0 radical (unpaired) electrons. The van der Waals surface area contributed by atoms with Crippen LogP contribution in [0, 0.1) is 0 Å². The fraction of sp³-hybridized carbons (Fsp3) is 0.750. The summed E-state index contributed by atoms with van der Waals surface area (Å²) in [6.45, 7) is 9.46. The molecule has 0 heterocycles. The SMILES string of the molecule is C=CCN(C(C)(C)C)S(=O)(=O)CBr. The van der Waals surface area contributed by atoms with Gasteiger partial charge in [0.05, 0.1) is 0 Å². The van der Waals surface area contributed by atoms with E-state index in [1.807, 2.05) is 20.8 Å². The Morgan fingerprint density at radius 1 is 1.46 bits per heavy atom. The largest absolute Gasteiger partial charge is 0.224 e. The summed E-state index contributed by atoms with van der Waals surface area (Å²) in [5, 5.41) is 0. The average Bonchev–Trinajstić information content (AvgIpc) is 1.98. The van der Waals surface area contributed by atoms with Crippen molar-refractivity contribution in [2.75, 3.05) is 11.2 Å². The summed E-state index contributed by atoms with van der Waals surface area (Å²) in [7, 11) is -3.20. The highest BCUT2D eigenvalue weighted by molar-refractivity contribution is 9.10. The fourth-order valence-corrected chi connectivity index (χ4v) is 3.01. The van der Waals surface area contributed by atoms with Gasteiger partial charge in [0.2, 0.25) is 10.0 Å². The number of rotatable bonds is 4. The zero-order valence-corrected chi connectivity index (χ0v) is 10.7. The third kappa shape index (κ3) is 3.79. The molecule has 0 aliphatic carbocycles. The third-order valence-electron chi connectivity index (χ3n) is 1.52. The third-order valence-corrected chi connectivity index (χ3v) is 4.90. The van der Waals surface area contributed by atoms with Crippen LogP contribution in [0.15, 0.2) is 12.7 Å². The molecule has 0 unspecified atom stereocenters. The molecule has 0 amide bonds. The summed E-state index contributed by atoms with van der Waals surface area (Å²) in [6, 6.07) is 0. The van der Waals surface area contributed by atoms with Crippen LogP contribution < -0.4 is 0 Å². The second-order valence-electron chi connectivity index (χ2n) is 3.71. The minimum Gasteiger partial charge on any atom is -0.211 e. The molecule has 0 atom stereocenters. The van der Waals surface area contributed by atoms with E-state index in [1.165, 1.54) is 4.31 Å². The normalized spacial score (nSPS) is 13.3. The first-order valence-electron chi connectivity index (χ1n) is 3.93. The summed E-state index contributed by atoms with van der Waals surface area (Å²) in [4.78, 5) is 0. The first-order valence-corrected chi connectivity index (χ1v) is 6.66. The standard InChI is InChI=1S/C8H16BrNO2S/c1-5-6-10(8(2,3)4)13(11,12)7-9/h5H,1,6-7H2,2-4H3. The van der Waals surface area contributed by atoms with Gasteiger partial charge in [-0.15, -0.1) is 6.58 Å². The van der Waals surface area contributed by atoms with Crippen LogP contribution in [0.4, 0.5) is 0 Å². The Hall–Kier alpha value is 0.130. The van der Waals surface area contributed by atoms with Crippen LogP contribution in [0.3, 0.4) is 0 Å². The van der Waals surface area contributed by atoms with Gasteiger partial charge in [0, 0.05) is 12.1 Å². The Bertz CT molecular complexity index is 266. The Morgan fingerprint density at radius 3 is 2.15 bits per heavy atom. The number of sulfonamides is 1. The maximum Gasteiger partial charge on any atom is 0.224 e. The van der Waals surface area contributed by atoms with Crippen molar-refractivity contribution in [1.82, 2.24) is 4.31 Å². The van der Waals surface area contributed by atoms with Crippen molar-refractivity contribution < 1.29 is 8.42 Å². The van der Waals surface area contributed by atoms with Crippen LogP contribution in [-0.4, -0.2) is 29.5 Å². The van der Waals surface area contributed by atoms with Gasteiger partial charge in [0.1, 0.15) is 4.66 Å². The van der Waals surface area contributed by atoms with Crippen molar-refractivity contribution in [3.8, 4) is 0 Å². The highest BCUT2D eigenvalue weighted by Crippen LogP contribution is 2.19. The Labute approximate surface area is 89.0 Å². The van der Waals surface area contributed by atoms with Gasteiger partial charge >= 0.3 is 0 Å². The second kappa shape index (κ2) is 4.57. The van der Waals surface area contributed by atoms with Gasteiger partial charge in [-0.05, 0) is 20.8 Å². The van der Waals surface area contributed by atoms with Crippen molar-refractivity contribution in [1.29, 1.82) is 0 Å². The highest BCUT2D eigenvalue weighted by Gasteiger charge is 2.30. The molecule has 0 aromatic heterocycles. The molecule has 0 saturated heterocycles. The molecular weight excluding hydrogens is 254 g/mol. The molecule has 3 nitrogen and oxygen atoms in total. The van der Waals surface area contributed by atoms with Gasteiger partial charge in [-0.1, -0.05) is 22.0 Å². The second-order valence-corrected chi connectivity index (χ2v) is 6.91. The molecule has 0 fully saturated rings. The zero-order valence-electron chi connectivity index (χ0n) is 8.25. The van der Waals surface area contributed by atoms with Crippen molar-refractivity contribution in [3.63, 3.8) is 0 Å². The highest BCUT2D eigenvalue weighted by atomic mass is 79.9. The van der Waals surface area contributed by atoms with Crippen LogP contribution >= 0.6 is 15.9 Å². The van der Waals surface area contributed by atoms with E-state index in [2.05, 4.69) is 22.5 Å². The molecule has 0 aromatic carbocycles. The zero-order chi connectivity index (χ0) is 10.7. The monoisotopic (exact) mass is 269 g/mol. The van der Waals surface area contributed by atoms with Gasteiger partial charge in [0.15, 0.2) is 0 Å². The lowest BCUT2D eigenvalue weighted by Gasteiger charge is -2.32. The number of hydrogen-bond donors (Lipinski definition) is 0. The van der Waals surface area contributed by atoms with Crippen LogP contribution in [0.5, 0.6) is 0 Å². The molecule has 5 heteroatoms. The molecule has 0 N–H and O–H groups in total. The average molecular weight is 270 g/mol. The van der Waals surface area contributed by atoms with Crippen molar-refractivity contribution in [2.24, 2.45) is 0 Å². The smallest absolute Gasteiger partial charge is 0.211 e. The molecule has 0 aromatic rings. The number of alkyl halides is 1. The molecule has 78 valence electrons. The van der Waals surface area contributed by atoms with Gasteiger partial charge in [-0.3, -0.25) is 0 Å². The lowest BCUT2D eigenvalue weighted by atomic mass is 10.1. The van der Waals surface area contributed by atoms with Gasteiger partial charge in [-0.2, -0.15) is 4.31 Å². The van der Waals surface area contributed by atoms with Crippen molar-refractivity contribution in [3.05, 3.63) is 12.7 Å². The molecular formula is C8H16BrNO2S. The van der Waals surface area contributed by atoms with E-state index in [4.69, 9.17) is 0 Å². The van der Waals surface area contributed by atoms with Gasteiger partial charge in [-0.25, -0.2) is 8.42 Å². The van der Waals surface area contributed by atoms with E-state index < -0.39 is 15.6 Å². The molecule has 0 aliphatic rings. The molecule has 0 saturated carbocycles. The Morgan fingerprint density at radius 2 is 1.92 bits per heavy atom. The fourth-order valence-electron chi connectivity index (χ4n) is 0.981. The van der Waals surface area contributed by atoms with E-state index in [9.17, 15) is 8.42 Å². The maximum absolute atomic E-state index is 11.6. The molecule has 0 spiro atoms. The van der Waals surface area contributed by atoms with Crippen LogP contribution in [-0.2, 0) is 10.0 Å². The number of hydrogen-bond acceptors (Lipinski definition) is 2. The summed E-state index contributed by atoms with van der Waals surface area (Å²) in [5.41, 5.74) is -0.402. The van der Waals surface area contributed by atoms with Gasteiger partial charge in [0.25, 0.3) is 0 Å². The van der Waals surface area contributed by atoms with E-state index in [1.54, 1.807) is 6.08 Å². The maximum atomic E-state index is 11.6. The van der Waals surface area contributed by atoms with E-state index >= 15 is 0 Å². The topological polar surface area (TPSA) is 37.4 Å². The van der Waals surface area contributed by atoms with E-state index in [0.717, 1.165) is 0 Å². The quantitative estimate of drug-likeness (QED) is 0.578. The number of nitrogens with zero attached hydrogens (tertiary/aromatic N) is 1. The predicted octanol–water partition coefficient (Wildman–Crippen LogP) is 1.96. The minimum atomic E-state index is -3.20. The summed E-state index contributed by atoms with van der Waals surface area (Å²) < 4.78 is 24.5. The van der Waals surface area contributed by atoms with Gasteiger partial charge < -0.3 is 0 Å². The summed E-state index contributed by atoms with van der Waals surface area (Å²) >= 11 is 2.97. The van der Waals surface area contributed by atoms with Crippen molar-refractivity contribution in [2.45, 2.75) is 26.3 Å². The first-order chi connectivity index (χ1) is 5.75. The van der Waals surface area contributed by atoms with E-state index in [0.29, 0.717) is 6.54 Å². The minimum absolute atomic E-state index is 0.0505. The van der Waals surface area contributed by atoms with Crippen LogP contribution in [0.2, 0.25) is 0 Å². The van der Waals surface area contributed by atoms with Crippen LogP contribution in [0.1, 0.15) is 20.8 Å². The molecule has 0 aliphatic heterocycles. The van der Waals surface area contributed by atoms with Crippen molar-refractivity contribution >= 4 is 26.0 Å². The Kier molecular flexibility index (Phi) is 4.62. The molecule has 0 bridgehead atoms. The molecule has 0 rings (SSSR count). The Balaban J connectivity index is 4.93. The number of halogens is 1.